The fraction of sp³-hybridized carbons (Fsp3) is 0.300. The highest BCUT2D eigenvalue weighted by Crippen LogP contribution is 2.59. The predicted octanol–water partition coefficient (Wildman–Crippen LogP) is 5.44. The molecule has 1 atom stereocenters. The first kappa shape index (κ1) is 18.9. The Balaban J connectivity index is 1.93. The molecule has 0 bridgehead atoms. The van der Waals surface area contributed by atoms with Crippen molar-refractivity contribution in [3.05, 3.63) is 61.6 Å². The van der Waals surface area contributed by atoms with E-state index < -0.39 is 16.1 Å². The summed E-state index contributed by atoms with van der Waals surface area (Å²) in [5.74, 6) is 0.737. The van der Waals surface area contributed by atoms with Gasteiger partial charge in [0.1, 0.15) is 0 Å². The van der Waals surface area contributed by atoms with Crippen LogP contribution in [-0.4, -0.2) is 24.8 Å². The third-order valence-electron chi connectivity index (χ3n) is 5.68. The molecule has 1 unspecified atom stereocenters. The third-order valence-corrected chi connectivity index (χ3v) is 6.30. The van der Waals surface area contributed by atoms with Crippen LogP contribution in [-0.2, 0) is 5.41 Å². The summed E-state index contributed by atoms with van der Waals surface area (Å²) in [4.78, 5) is 12.7. The zero-order valence-electron chi connectivity index (χ0n) is 15.7. The number of hydrogen-bond donors (Lipinski definition) is 0. The Morgan fingerprint density at radius 1 is 1.21 bits per heavy atom. The molecule has 2 heterocycles. The highest BCUT2D eigenvalue weighted by molar-refractivity contribution is 6.36. The number of anilines is 1. The minimum Gasteiger partial charge on any atom is -0.493 e. The Morgan fingerprint density at radius 2 is 1.89 bits per heavy atom. The van der Waals surface area contributed by atoms with Gasteiger partial charge in [-0.2, -0.15) is 0 Å². The maximum absolute atomic E-state index is 11.2. The number of likely N-dealkylation sites (N-methyl/N-ethyl adjacent to an activating group) is 1. The molecule has 8 heteroatoms. The van der Waals surface area contributed by atoms with Crippen LogP contribution in [0, 0.1) is 10.1 Å². The van der Waals surface area contributed by atoms with Gasteiger partial charge in [-0.25, -0.2) is 0 Å². The van der Waals surface area contributed by atoms with E-state index in [1.807, 2.05) is 37.9 Å². The molecule has 0 saturated heterocycles. The van der Waals surface area contributed by atoms with Gasteiger partial charge in [0.05, 0.1) is 34.2 Å². The largest absolute Gasteiger partial charge is 0.493 e. The lowest BCUT2D eigenvalue weighted by Crippen LogP contribution is -2.58. The van der Waals surface area contributed by atoms with Gasteiger partial charge >= 0.3 is 0 Å². The molecule has 2 aromatic rings. The van der Waals surface area contributed by atoms with Crippen molar-refractivity contribution >= 4 is 40.7 Å². The lowest BCUT2D eigenvalue weighted by Gasteiger charge is -2.46. The lowest BCUT2D eigenvalue weighted by atomic mass is 9.76. The summed E-state index contributed by atoms with van der Waals surface area (Å²) in [7, 11) is 3.35. The maximum Gasteiger partial charge on any atom is 0.274 e. The van der Waals surface area contributed by atoms with Gasteiger partial charge in [-0.05, 0) is 38.1 Å². The zero-order valence-corrected chi connectivity index (χ0v) is 17.3. The van der Waals surface area contributed by atoms with Crippen LogP contribution in [0.2, 0.25) is 10.0 Å². The van der Waals surface area contributed by atoms with Crippen molar-refractivity contribution in [3.8, 4) is 11.5 Å². The Kier molecular flexibility index (Phi) is 4.07. The molecule has 1 spiro atoms. The van der Waals surface area contributed by atoms with Gasteiger partial charge in [-0.3, -0.25) is 10.1 Å². The summed E-state index contributed by atoms with van der Waals surface area (Å²) in [5.41, 5.74) is 0.703. The fourth-order valence-electron chi connectivity index (χ4n) is 4.24. The van der Waals surface area contributed by atoms with Gasteiger partial charge < -0.3 is 14.4 Å². The van der Waals surface area contributed by atoms with E-state index in [4.69, 9.17) is 32.7 Å². The second-order valence-corrected chi connectivity index (χ2v) is 8.21. The Labute approximate surface area is 172 Å². The van der Waals surface area contributed by atoms with Crippen LogP contribution >= 0.6 is 23.2 Å². The first-order valence-corrected chi connectivity index (χ1v) is 9.36. The molecule has 4 rings (SSSR count). The smallest absolute Gasteiger partial charge is 0.274 e. The number of nitrogens with zero attached hydrogens (tertiary/aromatic N) is 2. The topological polar surface area (TPSA) is 64.8 Å². The Bertz CT molecular complexity index is 1050. The monoisotopic (exact) mass is 420 g/mol. The van der Waals surface area contributed by atoms with Crippen molar-refractivity contribution in [1.82, 2.24) is 0 Å². The summed E-state index contributed by atoms with van der Waals surface area (Å²) in [5, 5.41) is 12.4. The Morgan fingerprint density at radius 3 is 2.50 bits per heavy atom. The summed E-state index contributed by atoms with van der Waals surface area (Å²) in [6.07, 6.45) is 3.71. The van der Waals surface area contributed by atoms with Crippen molar-refractivity contribution in [3.63, 3.8) is 0 Å². The minimum atomic E-state index is -0.930. The van der Waals surface area contributed by atoms with Crippen molar-refractivity contribution in [2.75, 3.05) is 19.1 Å². The fourth-order valence-corrected chi connectivity index (χ4v) is 4.91. The molecule has 2 aromatic carbocycles. The molecule has 28 heavy (non-hydrogen) atoms. The summed E-state index contributed by atoms with van der Waals surface area (Å²) >= 11 is 13.0. The average molecular weight is 421 g/mol. The van der Waals surface area contributed by atoms with Gasteiger partial charge in [0.25, 0.3) is 5.69 Å². The van der Waals surface area contributed by atoms with Crippen LogP contribution < -0.4 is 14.4 Å². The molecule has 0 amide bonds. The second-order valence-electron chi connectivity index (χ2n) is 7.39. The second kappa shape index (κ2) is 6.03. The Hall–Kier alpha value is -2.44. The number of non-ortho nitro benzene ring substituents is 1. The molecule has 0 saturated carbocycles. The van der Waals surface area contributed by atoms with E-state index in [-0.39, 0.29) is 5.69 Å². The molecule has 0 aliphatic carbocycles. The lowest BCUT2D eigenvalue weighted by molar-refractivity contribution is -0.385. The van der Waals surface area contributed by atoms with E-state index >= 15 is 0 Å². The predicted molar refractivity (Wildman–Crippen MR) is 110 cm³/mol. The average Bonchev–Trinajstić information content (AvgIpc) is 2.83. The van der Waals surface area contributed by atoms with E-state index in [9.17, 15) is 10.1 Å². The van der Waals surface area contributed by atoms with Gasteiger partial charge in [0.2, 0.25) is 5.72 Å². The molecule has 6 nitrogen and oxygen atoms in total. The number of halogens is 2. The van der Waals surface area contributed by atoms with Crippen molar-refractivity contribution in [2.24, 2.45) is 0 Å². The minimum absolute atomic E-state index is 0.0618. The van der Waals surface area contributed by atoms with Crippen LogP contribution in [0.15, 0.2) is 30.3 Å². The number of nitro benzene ring substituents is 1. The van der Waals surface area contributed by atoms with Gasteiger partial charge in [-0.1, -0.05) is 23.2 Å². The van der Waals surface area contributed by atoms with Crippen molar-refractivity contribution < 1.29 is 14.4 Å². The number of ether oxygens (including phenoxy) is 2. The third kappa shape index (κ3) is 2.28. The summed E-state index contributed by atoms with van der Waals surface area (Å²) < 4.78 is 11.9. The van der Waals surface area contributed by atoms with E-state index in [0.717, 1.165) is 11.3 Å². The van der Waals surface area contributed by atoms with Crippen LogP contribution in [0.5, 0.6) is 11.5 Å². The van der Waals surface area contributed by atoms with E-state index in [1.54, 1.807) is 12.1 Å². The number of fused-ring (bicyclic) bond motifs is 2. The number of methoxy groups -OCH3 is 1. The number of rotatable bonds is 2. The molecular formula is C20H18Cl2N2O4. The summed E-state index contributed by atoms with van der Waals surface area (Å²) in [6.45, 7) is 4.06. The van der Waals surface area contributed by atoms with Crippen LogP contribution in [0.4, 0.5) is 11.4 Å². The number of hydrogen-bond acceptors (Lipinski definition) is 5. The van der Waals surface area contributed by atoms with E-state index in [0.29, 0.717) is 27.1 Å². The van der Waals surface area contributed by atoms with Crippen molar-refractivity contribution in [1.29, 1.82) is 0 Å². The zero-order chi connectivity index (χ0) is 20.4. The van der Waals surface area contributed by atoms with Gasteiger partial charge in [0, 0.05) is 29.3 Å². The molecule has 0 fully saturated rings. The van der Waals surface area contributed by atoms with E-state index in [1.165, 1.54) is 19.2 Å². The van der Waals surface area contributed by atoms with Gasteiger partial charge in [-0.15, -0.1) is 0 Å². The standard InChI is InChI=1S/C20H18Cl2N2O4/c1-19(2)16-13(21)5-6-14(22)17(16)23(3)20(19)8-7-11-9-12(24(25)26)10-15(27-4)18(11)28-20/h5-10H,1-4H3. The first-order valence-electron chi connectivity index (χ1n) is 8.61. The first-order chi connectivity index (χ1) is 13.1. The van der Waals surface area contributed by atoms with Crippen LogP contribution in [0.1, 0.15) is 25.0 Å². The van der Waals surface area contributed by atoms with Crippen LogP contribution in [0.3, 0.4) is 0 Å². The molecule has 2 aliphatic heterocycles. The normalized spacial score (nSPS) is 21.3. The summed E-state index contributed by atoms with van der Waals surface area (Å²) in [6, 6.07) is 6.37. The molecule has 0 N–H and O–H groups in total. The molecular weight excluding hydrogens is 403 g/mol. The SMILES string of the molecule is COc1cc([N+](=O)[O-])cc2c1OC1(C=C2)N(C)c2c(Cl)ccc(Cl)c2C1(C)C. The number of nitro groups is 1. The maximum atomic E-state index is 11.2. The molecule has 0 radical (unpaired) electrons. The van der Waals surface area contributed by atoms with E-state index in [2.05, 4.69) is 0 Å². The highest BCUT2D eigenvalue weighted by atomic mass is 35.5. The van der Waals surface area contributed by atoms with Crippen LogP contribution in [0.25, 0.3) is 6.08 Å². The molecule has 0 aromatic heterocycles. The highest BCUT2D eigenvalue weighted by Gasteiger charge is 2.59. The molecule has 146 valence electrons. The number of benzene rings is 2. The van der Waals surface area contributed by atoms with Gasteiger partial charge in [0.15, 0.2) is 11.5 Å². The quantitative estimate of drug-likeness (QED) is 0.477. The molecule has 2 aliphatic rings. The van der Waals surface area contributed by atoms with Crippen molar-refractivity contribution in [2.45, 2.75) is 25.0 Å².